The van der Waals surface area contributed by atoms with Gasteiger partial charge in [0, 0.05) is 7.05 Å². The van der Waals surface area contributed by atoms with E-state index in [4.69, 9.17) is 4.74 Å². The van der Waals surface area contributed by atoms with Crippen LogP contribution in [0, 0.1) is 13.8 Å². The van der Waals surface area contributed by atoms with Gasteiger partial charge in [-0.25, -0.2) is 8.42 Å². The van der Waals surface area contributed by atoms with Crippen LogP contribution in [0.25, 0.3) is 0 Å². The first-order chi connectivity index (χ1) is 15.2. The van der Waals surface area contributed by atoms with Gasteiger partial charge in [0.05, 0.1) is 24.6 Å². The second-order valence-corrected chi connectivity index (χ2v) is 9.75. The number of nitrogens with one attached hydrogen (secondary N) is 1. The Hall–Kier alpha value is -3.16. The monoisotopic (exact) mass is 452 g/mol. The normalized spacial score (nSPS) is 12.4. The summed E-state index contributed by atoms with van der Waals surface area (Å²) in [5, 5.41) is 3.02. The third-order valence-corrected chi connectivity index (χ3v) is 7.13. The summed E-state index contributed by atoms with van der Waals surface area (Å²) >= 11 is 0. The fourth-order valence-corrected chi connectivity index (χ4v) is 4.68. The first-order valence-electron chi connectivity index (χ1n) is 10.2. The molecule has 0 unspecified atom stereocenters. The summed E-state index contributed by atoms with van der Waals surface area (Å²) in [6.45, 7) is 3.72. The summed E-state index contributed by atoms with van der Waals surface area (Å²) in [6.07, 6.45) is 0. The van der Waals surface area contributed by atoms with Crippen LogP contribution in [0.15, 0.2) is 77.7 Å². The van der Waals surface area contributed by atoms with Crippen molar-refractivity contribution in [2.45, 2.75) is 24.8 Å². The molecule has 1 N–H and O–H groups in total. The summed E-state index contributed by atoms with van der Waals surface area (Å²) in [6, 6.07) is 21.4. The summed E-state index contributed by atoms with van der Waals surface area (Å²) in [4.78, 5) is 13.0. The number of aryl methyl sites for hydroxylation is 2. The zero-order valence-corrected chi connectivity index (χ0v) is 19.5. The Morgan fingerprint density at radius 3 is 2.25 bits per heavy atom. The minimum absolute atomic E-state index is 0.0996. The summed E-state index contributed by atoms with van der Waals surface area (Å²) < 4.78 is 31.9. The number of carbonyl (C=O) groups is 1. The van der Waals surface area contributed by atoms with Crippen molar-refractivity contribution in [3.63, 3.8) is 0 Å². The van der Waals surface area contributed by atoms with Crippen molar-refractivity contribution in [3.05, 3.63) is 95.1 Å². The number of ether oxygens (including phenoxy) is 1. The molecule has 0 aliphatic rings. The second-order valence-electron chi connectivity index (χ2n) is 7.71. The molecule has 3 aromatic carbocycles. The topological polar surface area (TPSA) is 75.7 Å². The SMILES string of the molecule is COc1ccc(S(=O)(=O)N(C)CC(=O)N[C@@H](c2ccccc2)c2ccc(C)cc2C)cc1. The largest absolute Gasteiger partial charge is 0.497 e. The Morgan fingerprint density at radius 1 is 1.00 bits per heavy atom. The van der Waals surface area contributed by atoms with Gasteiger partial charge in [-0.1, -0.05) is 54.1 Å². The molecule has 3 aromatic rings. The van der Waals surface area contributed by atoms with Gasteiger partial charge in [-0.05, 0) is 54.8 Å². The molecule has 0 aliphatic heterocycles. The molecule has 0 aromatic heterocycles. The molecule has 0 aliphatic carbocycles. The van der Waals surface area contributed by atoms with Crippen molar-refractivity contribution >= 4 is 15.9 Å². The van der Waals surface area contributed by atoms with Crippen molar-refractivity contribution in [2.24, 2.45) is 0 Å². The summed E-state index contributed by atoms with van der Waals surface area (Å²) in [5.41, 5.74) is 4.08. The van der Waals surface area contributed by atoms with Gasteiger partial charge in [-0.15, -0.1) is 0 Å². The fourth-order valence-electron chi connectivity index (χ4n) is 3.56. The molecule has 0 saturated heterocycles. The lowest BCUT2D eigenvalue weighted by Gasteiger charge is -2.24. The van der Waals surface area contributed by atoms with Gasteiger partial charge in [-0.3, -0.25) is 4.79 Å². The van der Waals surface area contributed by atoms with Gasteiger partial charge in [-0.2, -0.15) is 4.31 Å². The van der Waals surface area contributed by atoms with Gasteiger partial charge in [0.1, 0.15) is 5.75 Å². The molecule has 6 nitrogen and oxygen atoms in total. The molecule has 3 rings (SSSR count). The van der Waals surface area contributed by atoms with Crippen molar-refractivity contribution in [3.8, 4) is 5.75 Å². The maximum Gasteiger partial charge on any atom is 0.243 e. The minimum Gasteiger partial charge on any atom is -0.497 e. The molecule has 32 heavy (non-hydrogen) atoms. The van der Waals surface area contributed by atoms with Crippen LogP contribution in [0.1, 0.15) is 28.3 Å². The molecule has 1 amide bonds. The number of hydrogen-bond donors (Lipinski definition) is 1. The average Bonchev–Trinajstić information content (AvgIpc) is 2.78. The van der Waals surface area contributed by atoms with E-state index >= 15 is 0 Å². The second kappa shape index (κ2) is 9.97. The van der Waals surface area contributed by atoms with Gasteiger partial charge >= 0.3 is 0 Å². The molecule has 1 atom stereocenters. The van der Waals surface area contributed by atoms with E-state index in [0.29, 0.717) is 5.75 Å². The number of hydrogen-bond acceptors (Lipinski definition) is 4. The lowest BCUT2D eigenvalue weighted by Crippen LogP contribution is -2.40. The third-order valence-electron chi connectivity index (χ3n) is 5.31. The lowest BCUT2D eigenvalue weighted by molar-refractivity contribution is -0.121. The van der Waals surface area contributed by atoms with E-state index in [-0.39, 0.29) is 17.5 Å². The number of nitrogens with zero attached hydrogens (tertiary/aromatic N) is 1. The zero-order chi connectivity index (χ0) is 23.3. The predicted molar refractivity (Wildman–Crippen MR) is 125 cm³/mol. The van der Waals surface area contributed by atoms with E-state index < -0.39 is 15.9 Å². The summed E-state index contributed by atoms with van der Waals surface area (Å²) in [7, 11) is -0.912. The fraction of sp³-hybridized carbons (Fsp3) is 0.240. The van der Waals surface area contributed by atoms with Crippen LogP contribution in [-0.2, 0) is 14.8 Å². The standard InChI is InChI=1S/C25H28N2O4S/c1-18-10-15-23(19(2)16-18)25(20-8-6-5-7-9-20)26-24(28)17-27(3)32(29,30)22-13-11-21(31-4)12-14-22/h5-16,25H,17H2,1-4H3,(H,26,28)/t25-/m0/s1. The number of likely N-dealkylation sites (N-methyl/N-ethyl adjacent to an activating group) is 1. The van der Waals surface area contributed by atoms with E-state index in [1.807, 2.05) is 56.3 Å². The minimum atomic E-state index is -3.82. The highest BCUT2D eigenvalue weighted by molar-refractivity contribution is 7.89. The average molecular weight is 453 g/mol. The number of methoxy groups -OCH3 is 1. The van der Waals surface area contributed by atoms with Crippen LogP contribution in [-0.4, -0.2) is 39.3 Å². The Morgan fingerprint density at radius 2 is 1.66 bits per heavy atom. The van der Waals surface area contributed by atoms with Crippen LogP contribution >= 0.6 is 0 Å². The number of carbonyl (C=O) groups excluding carboxylic acids is 1. The molecular weight excluding hydrogens is 424 g/mol. The van der Waals surface area contributed by atoms with E-state index in [1.54, 1.807) is 12.1 Å². The van der Waals surface area contributed by atoms with Gasteiger partial charge in [0.2, 0.25) is 15.9 Å². The molecule has 0 radical (unpaired) electrons. The zero-order valence-electron chi connectivity index (χ0n) is 18.7. The Balaban J connectivity index is 1.81. The van der Waals surface area contributed by atoms with E-state index in [1.165, 1.54) is 26.3 Å². The van der Waals surface area contributed by atoms with Crippen molar-refractivity contribution < 1.29 is 17.9 Å². The highest BCUT2D eigenvalue weighted by Crippen LogP contribution is 2.26. The Bertz CT molecular complexity index is 1180. The number of benzene rings is 3. The number of amides is 1. The molecule has 0 bridgehead atoms. The molecule has 0 spiro atoms. The highest BCUT2D eigenvalue weighted by Gasteiger charge is 2.25. The first-order valence-corrected chi connectivity index (χ1v) is 11.7. The maximum atomic E-state index is 12.9. The first kappa shape index (κ1) is 23.5. The van der Waals surface area contributed by atoms with Crippen LogP contribution in [0.3, 0.4) is 0 Å². The van der Waals surface area contributed by atoms with E-state index in [0.717, 1.165) is 26.6 Å². The smallest absolute Gasteiger partial charge is 0.243 e. The van der Waals surface area contributed by atoms with Crippen LogP contribution in [0.2, 0.25) is 0 Å². The maximum absolute atomic E-state index is 12.9. The van der Waals surface area contributed by atoms with Crippen LogP contribution in [0.4, 0.5) is 0 Å². The summed E-state index contributed by atoms with van der Waals surface area (Å²) in [5.74, 6) is 0.168. The molecule has 7 heteroatoms. The molecule has 0 saturated carbocycles. The number of rotatable bonds is 8. The van der Waals surface area contributed by atoms with E-state index in [2.05, 4.69) is 11.4 Å². The van der Waals surface area contributed by atoms with Crippen molar-refractivity contribution in [1.82, 2.24) is 9.62 Å². The molecule has 168 valence electrons. The van der Waals surface area contributed by atoms with Gasteiger partial charge < -0.3 is 10.1 Å². The van der Waals surface area contributed by atoms with Crippen LogP contribution < -0.4 is 10.1 Å². The molecular formula is C25H28N2O4S. The Kier molecular flexibility index (Phi) is 7.33. The van der Waals surface area contributed by atoms with Crippen molar-refractivity contribution in [2.75, 3.05) is 20.7 Å². The quantitative estimate of drug-likeness (QED) is 0.564. The van der Waals surface area contributed by atoms with Gasteiger partial charge in [0.15, 0.2) is 0 Å². The Labute approximate surface area is 189 Å². The van der Waals surface area contributed by atoms with Gasteiger partial charge in [0.25, 0.3) is 0 Å². The lowest BCUT2D eigenvalue weighted by atomic mass is 9.94. The molecule has 0 fully saturated rings. The predicted octanol–water partition coefficient (Wildman–Crippen LogP) is 3.84. The van der Waals surface area contributed by atoms with E-state index in [9.17, 15) is 13.2 Å². The van der Waals surface area contributed by atoms with Crippen LogP contribution in [0.5, 0.6) is 5.75 Å². The molecule has 0 heterocycles. The third kappa shape index (κ3) is 5.36. The van der Waals surface area contributed by atoms with Crippen molar-refractivity contribution in [1.29, 1.82) is 0 Å². The number of sulfonamides is 1. The highest BCUT2D eigenvalue weighted by atomic mass is 32.2.